The van der Waals surface area contributed by atoms with Crippen LogP contribution in [0.2, 0.25) is 0 Å². The fraction of sp³-hybridized carbons (Fsp3) is 0.611. The Kier molecular flexibility index (Phi) is 6.25. The van der Waals surface area contributed by atoms with Gasteiger partial charge in [0.1, 0.15) is 5.75 Å². The Morgan fingerprint density at radius 3 is 2.55 bits per heavy atom. The fourth-order valence-electron chi connectivity index (χ4n) is 3.16. The van der Waals surface area contributed by atoms with Crippen molar-refractivity contribution in [2.24, 2.45) is 5.92 Å². The van der Waals surface area contributed by atoms with Gasteiger partial charge in [0.05, 0.1) is 12.7 Å². The van der Waals surface area contributed by atoms with Crippen LogP contribution < -0.4 is 10.1 Å². The summed E-state index contributed by atoms with van der Waals surface area (Å²) in [4.78, 5) is 14.9. The summed E-state index contributed by atoms with van der Waals surface area (Å²) in [7, 11) is 1.59. The average molecular weight is 304 g/mol. The molecule has 122 valence electrons. The Hall–Kier alpha value is -1.55. The molecule has 1 aliphatic heterocycles. The topological polar surface area (TPSA) is 41.6 Å². The molecular formula is C18H28N2O2. The van der Waals surface area contributed by atoms with Crippen LogP contribution in [0.5, 0.6) is 5.75 Å². The summed E-state index contributed by atoms with van der Waals surface area (Å²) in [5.74, 6) is 1.09. The molecule has 1 aromatic rings. The first-order chi connectivity index (χ1) is 10.6. The Morgan fingerprint density at radius 2 is 1.91 bits per heavy atom. The number of rotatable bonds is 6. The molecule has 1 aromatic carbocycles. The maximum Gasteiger partial charge on any atom is 0.255 e. The number of likely N-dealkylation sites (tertiary alicyclic amines) is 1. The van der Waals surface area contributed by atoms with Gasteiger partial charge in [0.25, 0.3) is 5.91 Å². The van der Waals surface area contributed by atoms with Crippen molar-refractivity contribution in [1.29, 1.82) is 0 Å². The fourth-order valence-corrected chi connectivity index (χ4v) is 3.16. The Balaban J connectivity index is 1.98. The lowest BCUT2D eigenvalue weighted by Gasteiger charge is -2.37. The molecule has 1 atom stereocenters. The minimum absolute atomic E-state index is 0.0555. The van der Waals surface area contributed by atoms with E-state index in [0.717, 1.165) is 13.1 Å². The van der Waals surface area contributed by atoms with Crippen LogP contribution in [0, 0.1) is 5.92 Å². The van der Waals surface area contributed by atoms with Crippen LogP contribution in [0.15, 0.2) is 24.3 Å². The number of benzene rings is 1. The second-order valence-corrected chi connectivity index (χ2v) is 6.32. The molecule has 1 heterocycles. The summed E-state index contributed by atoms with van der Waals surface area (Å²) in [6.07, 6.45) is 3.86. The number of carbonyl (C=O) groups excluding carboxylic acids is 1. The van der Waals surface area contributed by atoms with E-state index in [9.17, 15) is 4.79 Å². The van der Waals surface area contributed by atoms with Crippen LogP contribution in [0.3, 0.4) is 0 Å². The zero-order chi connectivity index (χ0) is 15.9. The van der Waals surface area contributed by atoms with Crippen LogP contribution in [-0.4, -0.2) is 43.6 Å². The van der Waals surface area contributed by atoms with Gasteiger partial charge in [0.2, 0.25) is 0 Å². The third kappa shape index (κ3) is 4.23. The highest BCUT2D eigenvalue weighted by molar-refractivity contribution is 5.96. The zero-order valence-electron chi connectivity index (χ0n) is 14.0. The lowest BCUT2D eigenvalue weighted by Crippen LogP contribution is -2.48. The Bertz CT molecular complexity index is 482. The highest BCUT2D eigenvalue weighted by atomic mass is 16.5. The quantitative estimate of drug-likeness (QED) is 0.878. The van der Waals surface area contributed by atoms with Gasteiger partial charge in [-0.1, -0.05) is 32.4 Å². The van der Waals surface area contributed by atoms with Gasteiger partial charge in [-0.05, 0) is 44.0 Å². The summed E-state index contributed by atoms with van der Waals surface area (Å²) in [5, 5.41) is 3.09. The monoisotopic (exact) mass is 304 g/mol. The van der Waals surface area contributed by atoms with E-state index >= 15 is 0 Å². The molecule has 0 saturated carbocycles. The minimum atomic E-state index is -0.0555. The smallest absolute Gasteiger partial charge is 0.255 e. The van der Waals surface area contributed by atoms with Crippen LogP contribution in [0.1, 0.15) is 43.5 Å². The molecule has 1 amide bonds. The van der Waals surface area contributed by atoms with Crippen LogP contribution in [-0.2, 0) is 0 Å². The van der Waals surface area contributed by atoms with Gasteiger partial charge in [-0.2, -0.15) is 0 Å². The summed E-state index contributed by atoms with van der Waals surface area (Å²) in [6, 6.07) is 7.76. The molecule has 1 saturated heterocycles. The van der Waals surface area contributed by atoms with E-state index in [-0.39, 0.29) is 5.91 Å². The number of hydrogen-bond donors (Lipinski definition) is 1. The molecule has 1 aliphatic rings. The number of para-hydroxylation sites is 1. The number of ether oxygens (including phenoxy) is 1. The molecule has 0 radical (unpaired) electrons. The largest absolute Gasteiger partial charge is 0.496 e. The van der Waals surface area contributed by atoms with Gasteiger partial charge in [-0.3, -0.25) is 9.69 Å². The van der Waals surface area contributed by atoms with E-state index in [1.54, 1.807) is 13.2 Å². The highest BCUT2D eigenvalue weighted by Crippen LogP contribution is 2.19. The van der Waals surface area contributed by atoms with E-state index in [2.05, 4.69) is 24.1 Å². The van der Waals surface area contributed by atoms with Gasteiger partial charge in [-0.25, -0.2) is 0 Å². The van der Waals surface area contributed by atoms with Crippen LogP contribution in [0.4, 0.5) is 0 Å². The van der Waals surface area contributed by atoms with Gasteiger partial charge >= 0.3 is 0 Å². The molecule has 2 rings (SSSR count). The van der Waals surface area contributed by atoms with E-state index in [1.165, 1.54) is 19.3 Å². The van der Waals surface area contributed by atoms with Crippen molar-refractivity contribution in [1.82, 2.24) is 10.2 Å². The predicted molar refractivity (Wildman–Crippen MR) is 89.4 cm³/mol. The van der Waals surface area contributed by atoms with Crippen molar-refractivity contribution in [3.8, 4) is 5.75 Å². The SMILES string of the molecule is COc1ccccc1C(=O)NCC(C(C)C)N1CCCCC1. The zero-order valence-corrected chi connectivity index (χ0v) is 14.0. The summed E-state index contributed by atoms with van der Waals surface area (Å²) in [6.45, 7) is 7.44. The number of piperidine rings is 1. The number of methoxy groups -OCH3 is 1. The molecule has 1 unspecified atom stereocenters. The first-order valence-electron chi connectivity index (χ1n) is 8.28. The maximum atomic E-state index is 12.4. The number of amides is 1. The van der Waals surface area contributed by atoms with E-state index in [0.29, 0.717) is 29.8 Å². The van der Waals surface area contributed by atoms with Crippen molar-refractivity contribution in [2.45, 2.75) is 39.2 Å². The molecule has 0 bridgehead atoms. The first kappa shape index (κ1) is 16.8. The number of nitrogens with one attached hydrogen (secondary N) is 1. The van der Waals surface area contributed by atoms with E-state index < -0.39 is 0 Å². The van der Waals surface area contributed by atoms with E-state index in [1.807, 2.05) is 18.2 Å². The first-order valence-corrected chi connectivity index (χ1v) is 8.28. The third-order valence-electron chi connectivity index (χ3n) is 4.45. The molecular weight excluding hydrogens is 276 g/mol. The second-order valence-electron chi connectivity index (χ2n) is 6.32. The van der Waals surface area contributed by atoms with Gasteiger partial charge in [-0.15, -0.1) is 0 Å². The Labute approximate surface area is 133 Å². The summed E-state index contributed by atoms with van der Waals surface area (Å²) in [5.41, 5.74) is 0.603. The van der Waals surface area contributed by atoms with Crippen LogP contribution in [0.25, 0.3) is 0 Å². The van der Waals surface area contributed by atoms with Gasteiger partial charge in [0, 0.05) is 12.6 Å². The van der Waals surface area contributed by atoms with Gasteiger partial charge in [0.15, 0.2) is 0 Å². The molecule has 22 heavy (non-hydrogen) atoms. The van der Waals surface area contributed by atoms with Crippen LogP contribution >= 0.6 is 0 Å². The van der Waals surface area contributed by atoms with E-state index in [4.69, 9.17) is 4.74 Å². The number of carbonyl (C=O) groups is 1. The summed E-state index contributed by atoms with van der Waals surface area (Å²) < 4.78 is 5.27. The maximum absolute atomic E-state index is 12.4. The van der Waals surface area contributed by atoms with Crippen molar-refractivity contribution >= 4 is 5.91 Å². The lowest BCUT2D eigenvalue weighted by molar-refractivity contribution is 0.0893. The molecule has 0 spiro atoms. The molecule has 4 heteroatoms. The van der Waals surface area contributed by atoms with Crippen molar-refractivity contribution in [2.75, 3.05) is 26.7 Å². The van der Waals surface area contributed by atoms with Crippen molar-refractivity contribution in [3.05, 3.63) is 29.8 Å². The standard InChI is InChI=1S/C18H28N2O2/c1-14(2)16(20-11-7-4-8-12-20)13-19-18(21)15-9-5-6-10-17(15)22-3/h5-6,9-10,14,16H,4,7-8,11-13H2,1-3H3,(H,19,21). The highest BCUT2D eigenvalue weighted by Gasteiger charge is 2.24. The van der Waals surface area contributed by atoms with Gasteiger partial charge < -0.3 is 10.1 Å². The lowest BCUT2D eigenvalue weighted by atomic mass is 9.99. The average Bonchev–Trinajstić information content (AvgIpc) is 2.55. The molecule has 4 nitrogen and oxygen atoms in total. The Morgan fingerprint density at radius 1 is 1.23 bits per heavy atom. The number of hydrogen-bond acceptors (Lipinski definition) is 3. The molecule has 1 fully saturated rings. The molecule has 1 N–H and O–H groups in total. The minimum Gasteiger partial charge on any atom is -0.496 e. The number of nitrogens with zero attached hydrogens (tertiary/aromatic N) is 1. The summed E-state index contributed by atoms with van der Waals surface area (Å²) >= 11 is 0. The van der Waals surface area contributed by atoms with Crippen molar-refractivity contribution in [3.63, 3.8) is 0 Å². The molecule has 0 aromatic heterocycles. The molecule has 0 aliphatic carbocycles. The van der Waals surface area contributed by atoms with Crippen molar-refractivity contribution < 1.29 is 9.53 Å². The second kappa shape index (κ2) is 8.18. The third-order valence-corrected chi connectivity index (χ3v) is 4.45. The normalized spacial score (nSPS) is 17.3. The predicted octanol–water partition coefficient (Wildman–Crippen LogP) is 2.94.